The van der Waals surface area contributed by atoms with Crippen molar-refractivity contribution < 1.29 is 36.5 Å². The fourth-order valence-corrected chi connectivity index (χ4v) is 4.03. The molecule has 6 nitrogen and oxygen atoms in total. The highest BCUT2D eigenvalue weighted by atomic mass is 32.2. The van der Waals surface area contributed by atoms with Gasteiger partial charge in [0.1, 0.15) is 16.6 Å². The summed E-state index contributed by atoms with van der Waals surface area (Å²) >= 11 is 1.19. The molecule has 0 aromatic heterocycles. The van der Waals surface area contributed by atoms with Crippen molar-refractivity contribution in [1.82, 2.24) is 0 Å². The van der Waals surface area contributed by atoms with Crippen LogP contribution in [0.15, 0.2) is 46.6 Å². The van der Waals surface area contributed by atoms with Gasteiger partial charge in [0.25, 0.3) is 0 Å². The van der Waals surface area contributed by atoms with Gasteiger partial charge in [-0.3, -0.25) is 0 Å². The van der Waals surface area contributed by atoms with Gasteiger partial charge in [0.2, 0.25) is 0 Å². The average Bonchev–Trinajstić information content (AvgIpc) is 2.84. The van der Waals surface area contributed by atoms with Crippen LogP contribution in [0.3, 0.4) is 0 Å². The monoisotopic (exact) mass is 517 g/mol. The van der Waals surface area contributed by atoms with Gasteiger partial charge in [0, 0.05) is 17.4 Å². The second kappa shape index (κ2) is 12.3. The number of aliphatic hydroxyl groups is 1. The quantitative estimate of drug-likeness (QED) is 0.331. The Morgan fingerprint density at radius 2 is 1.69 bits per heavy atom. The lowest BCUT2D eigenvalue weighted by Gasteiger charge is -2.18. The predicted molar refractivity (Wildman–Crippen MR) is 124 cm³/mol. The van der Waals surface area contributed by atoms with E-state index in [1.165, 1.54) is 23.9 Å². The Bertz CT molecular complexity index is 1080. The molecule has 0 saturated heterocycles. The van der Waals surface area contributed by atoms with Crippen LogP contribution in [0.1, 0.15) is 30.4 Å². The zero-order valence-corrected chi connectivity index (χ0v) is 19.3. The lowest BCUT2D eigenvalue weighted by molar-refractivity contribution is -0.139. The molecule has 3 rings (SSSR count). The van der Waals surface area contributed by atoms with E-state index in [9.17, 15) is 22.0 Å². The predicted octanol–water partition coefficient (Wildman–Crippen LogP) is 4.78. The van der Waals surface area contributed by atoms with Gasteiger partial charge in [-0.15, -0.1) is 5.10 Å². The molecule has 1 heterocycles. The van der Waals surface area contributed by atoms with E-state index in [1.807, 2.05) is 0 Å². The maximum atomic E-state index is 13.6. The first-order valence-corrected chi connectivity index (χ1v) is 11.7. The molecule has 3 N–H and O–H groups in total. The number of aliphatic hydroxyl groups excluding tert-OH is 1. The highest BCUT2D eigenvalue weighted by molar-refractivity contribution is 8.15. The zero-order chi connectivity index (χ0) is 25.4. The molecular weight excluding hydrogens is 493 g/mol. The number of alkyl halides is 3. The second-order valence-electron chi connectivity index (χ2n) is 7.62. The summed E-state index contributed by atoms with van der Waals surface area (Å²) in [6.45, 7) is -0.123. The summed E-state index contributed by atoms with van der Waals surface area (Å²) in [6.07, 6.45) is -3.15. The molecule has 0 amide bonds. The number of hydrogen-bond donors (Lipinski definition) is 2. The first-order chi connectivity index (χ1) is 16.7. The van der Waals surface area contributed by atoms with Crippen LogP contribution in [0.2, 0.25) is 0 Å². The molecule has 190 valence electrons. The second-order valence-corrected chi connectivity index (χ2v) is 8.58. The maximum absolute atomic E-state index is 13.6. The highest BCUT2D eigenvalue weighted by Crippen LogP contribution is 2.38. The maximum Gasteiger partial charge on any atom is 0.419 e. The lowest BCUT2D eigenvalue weighted by Crippen LogP contribution is -2.36. The number of unbranched alkanes of at least 4 members (excludes halogenated alkanes) is 2. The molecule has 35 heavy (non-hydrogen) atoms. The Hall–Kier alpha value is -2.70. The molecule has 1 aliphatic rings. The van der Waals surface area contributed by atoms with Crippen molar-refractivity contribution in [2.45, 2.75) is 31.5 Å². The van der Waals surface area contributed by atoms with Crippen LogP contribution >= 0.6 is 11.8 Å². The van der Waals surface area contributed by atoms with E-state index in [-0.39, 0.29) is 36.9 Å². The Morgan fingerprint density at radius 1 is 0.971 bits per heavy atom. The van der Waals surface area contributed by atoms with E-state index < -0.39 is 29.4 Å². The molecular formula is C23H24F5N3O3S. The fraction of sp³-hybridized carbons (Fsp3) is 0.391. The molecule has 0 aliphatic carbocycles. The lowest BCUT2D eigenvalue weighted by atomic mass is 10.1. The number of benzene rings is 2. The van der Waals surface area contributed by atoms with Gasteiger partial charge < -0.3 is 20.3 Å². The SMILES string of the molecule is NC(CO)C1=NN=C(c2ccc(OCCCCCOc3cc(F)ccc3F)c(C(F)(F)F)c2)SC1. The van der Waals surface area contributed by atoms with E-state index in [0.717, 1.165) is 24.3 Å². The third kappa shape index (κ3) is 7.64. The van der Waals surface area contributed by atoms with Gasteiger partial charge in [-0.25, -0.2) is 8.78 Å². The van der Waals surface area contributed by atoms with Crippen LogP contribution < -0.4 is 15.2 Å². The van der Waals surface area contributed by atoms with Crippen molar-refractivity contribution in [3.63, 3.8) is 0 Å². The number of rotatable bonds is 11. The van der Waals surface area contributed by atoms with Crippen molar-refractivity contribution >= 4 is 22.5 Å². The molecule has 1 aliphatic heterocycles. The summed E-state index contributed by atoms with van der Waals surface area (Å²) in [4.78, 5) is 0. The third-order valence-corrected chi connectivity index (χ3v) is 6.01. The number of hydrogen-bond acceptors (Lipinski definition) is 7. The topological polar surface area (TPSA) is 89.4 Å². The minimum absolute atomic E-state index is 0.0408. The molecule has 2 aromatic rings. The number of ether oxygens (including phenoxy) is 2. The molecule has 0 radical (unpaired) electrons. The summed E-state index contributed by atoms with van der Waals surface area (Å²) in [6, 6.07) is 5.94. The molecule has 1 unspecified atom stereocenters. The van der Waals surface area contributed by atoms with Crippen LogP contribution in [-0.4, -0.2) is 47.5 Å². The van der Waals surface area contributed by atoms with E-state index in [2.05, 4.69) is 10.2 Å². The van der Waals surface area contributed by atoms with E-state index in [0.29, 0.717) is 35.8 Å². The Morgan fingerprint density at radius 3 is 2.31 bits per heavy atom. The Kier molecular flexibility index (Phi) is 9.47. The number of halogens is 5. The average molecular weight is 518 g/mol. The van der Waals surface area contributed by atoms with Crippen molar-refractivity contribution in [3.8, 4) is 11.5 Å². The standard InChI is InChI=1S/C23H24F5N3O3S/c24-15-5-6-17(25)21(11-15)34-9-3-1-2-8-33-20-7-4-14(10-16(20)23(26,27)28)22-31-30-19(13-35-22)18(29)12-32/h4-7,10-11,18,32H,1-3,8-9,12-13,29H2. The van der Waals surface area contributed by atoms with Gasteiger partial charge in [-0.2, -0.15) is 18.3 Å². The molecule has 0 bridgehead atoms. The van der Waals surface area contributed by atoms with Crippen molar-refractivity contribution in [2.24, 2.45) is 15.9 Å². The third-order valence-electron chi connectivity index (χ3n) is 4.98. The number of thioether (sulfide) groups is 1. The Labute approximate surface area is 203 Å². The van der Waals surface area contributed by atoms with E-state index in [4.69, 9.17) is 20.3 Å². The van der Waals surface area contributed by atoms with Crippen LogP contribution in [-0.2, 0) is 6.18 Å². The van der Waals surface area contributed by atoms with Gasteiger partial charge in [-0.05, 0) is 49.6 Å². The Balaban J connectivity index is 1.53. The summed E-state index contributed by atoms with van der Waals surface area (Å²) in [5.74, 6) is -1.45. The van der Waals surface area contributed by atoms with Crippen molar-refractivity contribution in [1.29, 1.82) is 0 Å². The van der Waals surface area contributed by atoms with Gasteiger partial charge in [0.05, 0.1) is 37.1 Å². The molecule has 0 spiro atoms. The van der Waals surface area contributed by atoms with Crippen LogP contribution in [0, 0.1) is 11.6 Å². The molecule has 2 aromatic carbocycles. The van der Waals surface area contributed by atoms with Gasteiger partial charge in [-0.1, -0.05) is 11.8 Å². The largest absolute Gasteiger partial charge is 0.493 e. The zero-order valence-electron chi connectivity index (χ0n) is 18.5. The van der Waals surface area contributed by atoms with Crippen LogP contribution in [0.4, 0.5) is 22.0 Å². The molecule has 12 heteroatoms. The normalized spacial score (nSPS) is 14.8. The summed E-state index contributed by atoms with van der Waals surface area (Å²) < 4.78 is 78.1. The first-order valence-electron chi connectivity index (χ1n) is 10.7. The van der Waals surface area contributed by atoms with Crippen LogP contribution in [0.25, 0.3) is 0 Å². The van der Waals surface area contributed by atoms with Gasteiger partial charge >= 0.3 is 6.18 Å². The first kappa shape index (κ1) is 26.9. The number of nitrogens with two attached hydrogens (primary N) is 1. The summed E-state index contributed by atoms with van der Waals surface area (Å²) in [5.41, 5.74) is 5.47. The summed E-state index contributed by atoms with van der Waals surface area (Å²) in [7, 11) is 0. The minimum atomic E-state index is -4.64. The summed E-state index contributed by atoms with van der Waals surface area (Å²) in [5, 5.41) is 17.3. The molecule has 0 fully saturated rings. The number of nitrogens with zero attached hydrogens (tertiary/aromatic N) is 2. The van der Waals surface area contributed by atoms with E-state index in [1.54, 1.807) is 0 Å². The highest BCUT2D eigenvalue weighted by Gasteiger charge is 2.35. The van der Waals surface area contributed by atoms with E-state index >= 15 is 0 Å². The van der Waals surface area contributed by atoms with Gasteiger partial charge in [0.15, 0.2) is 11.6 Å². The smallest absolute Gasteiger partial charge is 0.419 e. The fourth-order valence-electron chi connectivity index (χ4n) is 3.08. The molecule has 0 saturated carbocycles. The molecule has 1 atom stereocenters. The minimum Gasteiger partial charge on any atom is -0.493 e. The van der Waals surface area contributed by atoms with Crippen molar-refractivity contribution in [2.75, 3.05) is 25.6 Å². The van der Waals surface area contributed by atoms with Crippen LogP contribution in [0.5, 0.6) is 11.5 Å². The van der Waals surface area contributed by atoms with Crippen molar-refractivity contribution in [3.05, 3.63) is 59.2 Å².